The van der Waals surface area contributed by atoms with Crippen molar-refractivity contribution in [1.82, 2.24) is 10.2 Å². The first-order valence-corrected chi connectivity index (χ1v) is 16.9. The Kier molecular flexibility index (Phi) is 7.95. The van der Waals surface area contributed by atoms with Crippen molar-refractivity contribution in [2.75, 3.05) is 49.9 Å². The predicted octanol–water partition coefficient (Wildman–Crippen LogP) is 5.89. The highest BCUT2D eigenvalue weighted by Crippen LogP contribution is 2.44. The molecule has 4 bridgehead atoms. The third-order valence-corrected chi connectivity index (χ3v) is 10.9. The van der Waals surface area contributed by atoms with E-state index in [1.165, 1.54) is 13.2 Å². The van der Waals surface area contributed by atoms with Crippen LogP contribution in [0.1, 0.15) is 52.0 Å². The first-order chi connectivity index (χ1) is 22.8. The van der Waals surface area contributed by atoms with Crippen LogP contribution in [0.4, 0.5) is 15.8 Å². The van der Waals surface area contributed by atoms with E-state index in [-0.39, 0.29) is 42.4 Å². The number of hydrogen-bond donors (Lipinski definition) is 1. The number of amides is 1. The number of fused-ring (bicyclic) bond motifs is 6. The summed E-state index contributed by atoms with van der Waals surface area (Å²) in [5.74, 6) is -1.02. The van der Waals surface area contributed by atoms with Crippen molar-refractivity contribution in [2.45, 2.75) is 56.4 Å². The van der Waals surface area contributed by atoms with E-state index in [9.17, 15) is 9.59 Å². The van der Waals surface area contributed by atoms with Gasteiger partial charge in [-0.2, -0.15) is 0 Å². The Balaban J connectivity index is 1.09. The summed E-state index contributed by atoms with van der Waals surface area (Å²) in [4.78, 5) is 32.7. The number of methoxy groups -OCH3 is 1. The molecule has 6 aliphatic heterocycles. The molecule has 6 aliphatic rings. The van der Waals surface area contributed by atoms with Crippen LogP contribution in [0.2, 0.25) is 10.0 Å². The summed E-state index contributed by atoms with van der Waals surface area (Å²) in [7, 11) is 1.30. The average molecular weight is 682 g/mol. The summed E-state index contributed by atoms with van der Waals surface area (Å²) >= 11 is 13.5. The van der Waals surface area contributed by atoms with Crippen molar-refractivity contribution in [3.63, 3.8) is 0 Å². The lowest BCUT2D eigenvalue weighted by molar-refractivity contribution is 0.0515. The number of carbonyl (C=O) groups is 2. The van der Waals surface area contributed by atoms with Gasteiger partial charge in [0, 0.05) is 47.6 Å². The Labute approximate surface area is 282 Å². The zero-order chi connectivity index (χ0) is 32.4. The Bertz CT molecular complexity index is 1730. The van der Waals surface area contributed by atoms with E-state index in [4.69, 9.17) is 37.4 Å². The number of carbonyl (C=O) groups excluding carboxylic acids is 2. The summed E-state index contributed by atoms with van der Waals surface area (Å²) in [6, 6.07) is 13.1. The van der Waals surface area contributed by atoms with Crippen LogP contribution < -0.4 is 19.9 Å². The van der Waals surface area contributed by atoms with Crippen LogP contribution in [0.5, 0.6) is 5.75 Å². The van der Waals surface area contributed by atoms with Gasteiger partial charge in [-0.1, -0.05) is 41.4 Å². The maximum absolute atomic E-state index is 15.9. The van der Waals surface area contributed by atoms with Gasteiger partial charge in [-0.3, -0.25) is 4.79 Å². The number of morpholine rings is 1. The molecule has 6 heterocycles. The molecule has 5 fully saturated rings. The molecular weight excluding hydrogens is 646 g/mol. The topological polar surface area (TPSA) is 83.6 Å². The molecule has 5 saturated heterocycles. The largest absolute Gasteiger partial charge is 0.472 e. The SMILES string of the molecule is COC(=O)c1cc(F)c(-c2cccc3c2OCN(C(=O)c2c(Cl)cc(N4C[C@H]5CC[C@H]4CN5)cc2Cl)C3)cc1N1C2CCC1COC2. The molecule has 0 aromatic heterocycles. The normalized spacial score (nSPS) is 24.6. The number of nitrogens with zero attached hydrogens (tertiary/aromatic N) is 3. The molecule has 1 N–H and O–H groups in total. The maximum atomic E-state index is 15.9. The van der Waals surface area contributed by atoms with E-state index in [1.54, 1.807) is 17.0 Å². The fraction of sp³-hybridized carbons (Fsp3) is 0.429. The van der Waals surface area contributed by atoms with Gasteiger partial charge in [0.15, 0.2) is 6.73 Å². The zero-order valence-electron chi connectivity index (χ0n) is 25.9. The third kappa shape index (κ3) is 5.30. The molecule has 12 heteroatoms. The van der Waals surface area contributed by atoms with Gasteiger partial charge in [-0.25, -0.2) is 9.18 Å². The van der Waals surface area contributed by atoms with E-state index in [1.807, 2.05) is 24.3 Å². The first-order valence-electron chi connectivity index (χ1n) is 16.1. The van der Waals surface area contributed by atoms with Gasteiger partial charge in [-0.05, 0) is 49.9 Å². The minimum Gasteiger partial charge on any atom is -0.472 e. The number of hydrogen-bond acceptors (Lipinski definition) is 8. The molecule has 3 aromatic rings. The van der Waals surface area contributed by atoms with Crippen molar-refractivity contribution in [2.24, 2.45) is 0 Å². The van der Waals surface area contributed by atoms with Crippen molar-refractivity contribution in [3.8, 4) is 16.9 Å². The number of benzene rings is 3. The molecular formula is C35H35Cl2FN4O5. The lowest BCUT2D eigenvalue weighted by Gasteiger charge is -2.47. The molecule has 9 rings (SSSR count). The lowest BCUT2D eigenvalue weighted by Crippen LogP contribution is -2.61. The molecule has 0 aliphatic carbocycles. The second-order valence-corrected chi connectivity index (χ2v) is 13.8. The Morgan fingerprint density at radius 2 is 1.72 bits per heavy atom. The van der Waals surface area contributed by atoms with Crippen LogP contribution in [0.3, 0.4) is 0 Å². The minimum absolute atomic E-state index is 0.0683. The molecule has 0 saturated carbocycles. The molecule has 9 nitrogen and oxygen atoms in total. The number of halogens is 3. The number of anilines is 2. The number of ether oxygens (including phenoxy) is 3. The van der Waals surface area contributed by atoms with Crippen LogP contribution in [-0.4, -0.2) is 81.1 Å². The second kappa shape index (κ2) is 12.1. The number of rotatable bonds is 5. The molecule has 4 atom stereocenters. The van der Waals surface area contributed by atoms with E-state index in [0.717, 1.165) is 44.5 Å². The molecule has 1 amide bonds. The van der Waals surface area contributed by atoms with Gasteiger partial charge in [0.1, 0.15) is 11.6 Å². The number of piperazine rings is 1. The highest BCUT2D eigenvalue weighted by Gasteiger charge is 2.40. The number of esters is 1. The molecule has 0 radical (unpaired) electrons. The van der Waals surface area contributed by atoms with Crippen LogP contribution in [-0.2, 0) is 16.0 Å². The lowest BCUT2D eigenvalue weighted by atomic mass is 9.92. The average Bonchev–Trinajstić information content (AvgIpc) is 3.34. The highest BCUT2D eigenvalue weighted by molar-refractivity contribution is 6.40. The van der Waals surface area contributed by atoms with Gasteiger partial charge in [0.25, 0.3) is 5.91 Å². The van der Waals surface area contributed by atoms with Crippen molar-refractivity contribution in [1.29, 1.82) is 0 Å². The highest BCUT2D eigenvalue weighted by atomic mass is 35.5. The van der Waals surface area contributed by atoms with Crippen LogP contribution in [0.25, 0.3) is 11.1 Å². The van der Waals surface area contributed by atoms with Crippen molar-refractivity contribution in [3.05, 3.63) is 75.0 Å². The maximum Gasteiger partial charge on any atom is 0.340 e. The monoisotopic (exact) mass is 680 g/mol. The fourth-order valence-corrected chi connectivity index (χ4v) is 8.64. The van der Waals surface area contributed by atoms with E-state index in [2.05, 4.69) is 15.1 Å². The summed E-state index contributed by atoms with van der Waals surface area (Å²) < 4.78 is 32.9. The van der Waals surface area contributed by atoms with E-state index in [0.29, 0.717) is 63.5 Å². The molecule has 3 aromatic carbocycles. The molecule has 246 valence electrons. The van der Waals surface area contributed by atoms with Crippen LogP contribution in [0, 0.1) is 5.82 Å². The Morgan fingerprint density at radius 3 is 2.38 bits per heavy atom. The Hall–Kier alpha value is -3.57. The quantitative estimate of drug-likeness (QED) is 0.335. The number of para-hydroxylation sites is 1. The first kappa shape index (κ1) is 30.7. The van der Waals surface area contributed by atoms with Gasteiger partial charge < -0.3 is 34.2 Å². The minimum atomic E-state index is -0.595. The summed E-state index contributed by atoms with van der Waals surface area (Å²) in [6.07, 6.45) is 4.12. The smallest absolute Gasteiger partial charge is 0.340 e. The predicted molar refractivity (Wildman–Crippen MR) is 177 cm³/mol. The van der Waals surface area contributed by atoms with Gasteiger partial charge in [0.2, 0.25) is 0 Å². The zero-order valence-corrected chi connectivity index (χ0v) is 27.5. The van der Waals surface area contributed by atoms with Crippen LogP contribution in [0.15, 0.2) is 42.5 Å². The van der Waals surface area contributed by atoms with Gasteiger partial charge in [0.05, 0.1) is 65.8 Å². The number of nitrogens with one attached hydrogen (secondary N) is 1. The molecule has 0 spiro atoms. The van der Waals surface area contributed by atoms with Gasteiger partial charge in [-0.15, -0.1) is 0 Å². The summed E-state index contributed by atoms with van der Waals surface area (Å²) in [5, 5.41) is 4.14. The fourth-order valence-electron chi connectivity index (χ4n) is 8.01. The molecule has 47 heavy (non-hydrogen) atoms. The standard InChI is InChI=1S/C35H35Cl2FN4O5/c1-45-35(44)27-11-30(38)26(12-31(27)42-22-7-8-23(42)17-46-16-22)25-4-2-3-19-14-40(18-47-33(19)25)34(43)32-28(36)9-24(10-29(32)37)41-15-20-5-6-21(41)13-39-20/h2-4,9-12,20-23,39H,5-8,13-18H2,1H3/t20-,21+,22?,23?/m1/s1. The number of piperidine rings is 2. The van der Waals surface area contributed by atoms with Crippen molar-refractivity contribution < 1.29 is 28.2 Å². The summed E-state index contributed by atoms with van der Waals surface area (Å²) in [5.41, 5.74) is 3.51. The van der Waals surface area contributed by atoms with Crippen LogP contribution >= 0.6 is 23.2 Å². The second-order valence-electron chi connectivity index (χ2n) is 13.0. The Morgan fingerprint density at radius 1 is 0.979 bits per heavy atom. The van der Waals surface area contributed by atoms with E-state index >= 15 is 4.39 Å². The van der Waals surface area contributed by atoms with Crippen molar-refractivity contribution >= 4 is 46.5 Å². The van der Waals surface area contributed by atoms with Gasteiger partial charge >= 0.3 is 5.97 Å². The summed E-state index contributed by atoms with van der Waals surface area (Å²) in [6.45, 7) is 3.05. The van der Waals surface area contributed by atoms with E-state index < -0.39 is 11.8 Å². The third-order valence-electron chi connectivity index (χ3n) is 10.3. The molecule has 2 unspecified atom stereocenters.